The van der Waals surface area contributed by atoms with E-state index in [-0.39, 0.29) is 12.5 Å². The number of sulfonamides is 1. The minimum atomic E-state index is -3.45. The maximum Gasteiger partial charge on any atom is 0.235 e. The van der Waals surface area contributed by atoms with E-state index in [9.17, 15) is 13.2 Å². The van der Waals surface area contributed by atoms with E-state index >= 15 is 0 Å². The first kappa shape index (κ1) is 20.9. The van der Waals surface area contributed by atoms with E-state index in [4.69, 9.17) is 4.74 Å². The second-order valence-electron chi connectivity index (χ2n) is 6.31. The summed E-state index contributed by atoms with van der Waals surface area (Å²) < 4.78 is 30.3. The highest BCUT2D eigenvalue weighted by Gasteiger charge is 2.19. The van der Waals surface area contributed by atoms with Crippen LogP contribution in [0.4, 0.5) is 0 Å². The Morgan fingerprint density at radius 2 is 1.70 bits per heavy atom. The number of methoxy groups -OCH3 is 1. The van der Waals surface area contributed by atoms with Crippen LogP contribution in [0.5, 0.6) is 5.75 Å². The first-order valence-electron chi connectivity index (χ1n) is 8.77. The van der Waals surface area contributed by atoms with Crippen molar-refractivity contribution in [3.63, 3.8) is 0 Å². The molecule has 6 nitrogen and oxygen atoms in total. The van der Waals surface area contributed by atoms with Gasteiger partial charge in [-0.2, -0.15) is 4.31 Å². The number of hydrogen-bond donors (Lipinski definition) is 1. The fourth-order valence-electron chi connectivity index (χ4n) is 2.63. The summed E-state index contributed by atoms with van der Waals surface area (Å²) in [6.45, 7) is 0.470. The topological polar surface area (TPSA) is 75.7 Å². The highest BCUT2D eigenvalue weighted by molar-refractivity contribution is 7.88. The zero-order valence-corrected chi connectivity index (χ0v) is 16.5. The van der Waals surface area contributed by atoms with Crippen molar-refractivity contribution in [2.45, 2.75) is 19.4 Å². The first-order valence-corrected chi connectivity index (χ1v) is 10.6. The molecule has 2 rings (SSSR count). The first-order chi connectivity index (χ1) is 12.9. The summed E-state index contributed by atoms with van der Waals surface area (Å²) in [5.74, 6) is 0.419. The van der Waals surface area contributed by atoms with Crippen LogP contribution in [-0.2, 0) is 27.8 Å². The number of carbonyl (C=O) groups excluding carboxylic acids is 1. The molecule has 0 saturated heterocycles. The van der Waals surface area contributed by atoms with Gasteiger partial charge in [0.25, 0.3) is 0 Å². The fraction of sp³-hybridized carbons (Fsp3) is 0.350. The van der Waals surface area contributed by atoms with Gasteiger partial charge in [-0.3, -0.25) is 4.79 Å². The average Bonchev–Trinajstić information content (AvgIpc) is 2.66. The third-order valence-corrected chi connectivity index (χ3v) is 5.40. The number of carbonyl (C=O) groups is 1. The minimum Gasteiger partial charge on any atom is -0.497 e. The molecular formula is C20H26N2O4S. The van der Waals surface area contributed by atoms with Gasteiger partial charge in [-0.05, 0) is 36.1 Å². The lowest BCUT2D eigenvalue weighted by molar-refractivity contribution is -0.121. The van der Waals surface area contributed by atoms with Crippen LogP contribution in [0, 0.1) is 0 Å². The van der Waals surface area contributed by atoms with E-state index in [0.29, 0.717) is 19.5 Å². The molecule has 0 fully saturated rings. The lowest BCUT2D eigenvalue weighted by atomic mass is 10.1. The van der Waals surface area contributed by atoms with Crippen molar-refractivity contribution in [2.24, 2.45) is 0 Å². The van der Waals surface area contributed by atoms with E-state index in [0.717, 1.165) is 29.6 Å². The second kappa shape index (κ2) is 10.1. The summed E-state index contributed by atoms with van der Waals surface area (Å²) >= 11 is 0. The Kier molecular flexibility index (Phi) is 7.82. The molecule has 0 unspecified atom stereocenters. The summed E-state index contributed by atoms with van der Waals surface area (Å²) in [4.78, 5) is 12.2. The summed E-state index contributed by atoms with van der Waals surface area (Å²) in [5, 5.41) is 2.76. The number of amides is 1. The van der Waals surface area contributed by atoms with Crippen LogP contribution >= 0.6 is 0 Å². The van der Waals surface area contributed by atoms with Gasteiger partial charge in [0.15, 0.2) is 0 Å². The van der Waals surface area contributed by atoms with Gasteiger partial charge in [0.05, 0.1) is 19.9 Å². The van der Waals surface area contributed by atoms with Gasteiger partial charge in [-0.25, -0.2) is 8.42 Å². The van der Waals surface area contributed by atoms with Crippen LogP contribution < -0.4 is 10.1 Å². The van der Waals surface area contributed by atoms with Gasteiger partial charge in [0.2, 0.25) is 15.9 Å². The molecule has 27 heavy (non-hydrogen) atoms. The van der Waals surface area contributed by atoms with Gasteiger partial charge < -0.3 is 10.1 Å². The number of nitrogens with one attached hydrogen (secondary N) is 1. The molecule has 0 aliphatic carbocycles. The smallest absolute Gasteiger partial charge is 0.235 e. The highest BCUT2D eigenvalue weighted by atomic mass is 32.2. The molecule has 0 atom stereocenters. The molecule has 0 aromatic heterocycles. The summed E-state index contributed by atoms with van der Waals surface area (Å²) in [5.41, 5.74) is 2.06. The summed E-state index contributed by atoms with van der Waals surface area (Å²) in [7, 11) is -1.86. The number of benzene rings is 2. The zero-order valence-electron chi connectivity index (χ0n) is 15.7. The van der Waals surface area contributed by atoms with Crippen LogP contribution in [0.3, 0.4) is 0 Å². The van der Waals surface area contributed by atoms with Crippen LogP contribution in [0.25, 0.3) is 0 Å². The van der Waals surface area contributed by atoms with E-state index in [2.05, 4.69) is 5.32 Å². The van der Waals surface area contributed by atoms with Gasteiger partial charge in [0, 0.05) is 13.1 Å². The Labute approximate surface area is 161 Å². The number of aryl methyl sites for hydroxylation is 1. The molecule has 0 aliphatic rings. The third kappa shape index (κ3) is 7.40. The second-order valence-corrected chi connectivity index (χ2v) is 8.29. The van der Waals surface area contributed by atoms with E-state index in [1.165, 1.54) is 4.31 Å². The van der Waals surface area contributed by atoms with Gasteiger partial charge >= 0.3 is 0 Å². The molecule has 0 aliphatic heterocycles. The molecule has 2 aromatic carbocycles. The number of hydrogen-bond acceptors (Lipinski definition) is 4. The molecule has 0 radical (unpaired) electrons. The molecule has 2 aromatic rings. The predicted molar refractivity (Wildman–Crippen MR) is 106 cm³/mol. The molecule has 0 heterocycles. The predicted octanol–water partition coefficient (Wildman–Crippen LogP) is 2.21. The molecule has 0 spiro atoms. The standard InChI is InChI=1S/C20H26N2O4S/c1-26-19-12-10-18(11-13-19)15-21-20(23)16-22(27(2,24)25)14-6-9-17-7-4-3-5-8-17/h3-5,7-8,10-13H,6,9,14-16H2,1-2H3,(H,21,23). The third-order valence-electron chi connectivity index (χ3n) is 4.15. The largest absolute Gasteiger partial charge is 0.497 e. The Morgan fingerprint density at radius 1 is 1.04 bits per heavy atom. The number of rotatable bonds is 10. The molecule has 1 N–H and O–H groups in total. The fourth-order valence-corrected chi connectivity index (χ4v) is 3.44. The SMILES string of the molecule is COc1ccc(CNC(=O)CN(CCCc2ccccc2)S(C)(=O)=O)cc1. The minimum absolute atomic E-state index is 0.177. The van der Waals surface area contributed by atoms with E-state index in [1.54, 1.807) is 7.11 Å². The Hall–Kier alpha value is -2.38. The van der Waals surface area contributed by atoms with Crippen LogP contribution in [0.1, 0.15) is 17.5 Å². The van der Waals surface area contributed by atoms with Crippen molar-refractivity contribution in [3.8, 4) is 5.75 Å². The van der Waals surface area contributed by atoms with Crippen molar-refractivity contribution in [3.05, 3.63) is 65.7 Å². The average molecular weight is 391 g/mol. The van der Waals surface area contributed by atoms with Crippen LogP contribution in [-0.4, -0.2) is 45.1 Å². The van der Waals surface area contributed by atoms with Crippen molar-refractivity contribution < 1.29 is 17.9 Å². The highest BCUT2D eigenvalue weighted by Crippen LogP contribution is 2.11. The van der Waals surface area contributed by atoms with Crippen LogP contribution in [0.15, 0.2) is 54.6 Å². The zero-order chi connectivity index (χ0) is 19.7. The lowest BCUT2D eigenvalue weighted by Crippen LogP contribution is -2.40. The summed E-state index contributed by atoms with van der Waals surface area (Å²) in [6.07, 6.45) is 2.55. The lowest BCUT2D eigenvalue weighted by Gasteiger charge is -2.19. The van der Waals surface area contributed by atoms with E-state index < -0.39 is 10.0 Å². The number of ether oxygens (including phenoxy) is 1. The Bertz CT molecular complexity index is 821. The molecule has 146 valence electrons. The van der Waals surface area contributed by atoms with Gasteiger partial charge in [-0.15, -0.1) is 0 Å². The quantitative estimate of drug-likeness (QED) is 0.675. The number of nitrogens with zero attached hydrogens (tertiary/aromatic N) is 1. The monoisotopic (exact) mass is 390 g/mol. The van der Waals surface area contributed by atoms with Crippen molar-refractivity contribution in [1.29, 1.82) is 0 Å². The van der Waals surface area contributed by atoms with Gasteiger partial charge in [0.1, 0.15) is 5.75 Å². The molecule has 1 amide bonds. The molecule has 0 bridgehead atoms. The summed E-state index contributed by atoms with van der Waals surface area (Å²) in [6, 6.07) is 17.2. The van der Waals surface area contributed by atoms with Crippen molar-refractivity contribution >= 4 is 15.9 Å². The molecular weight excluding hydrogens is 364 g/mol. The van der Waals surface area contributed by atoms with Crippen LogP contribution in [0.2, 0.25) is 0 Å². The molecule has 0 saturated carbocycles. The Morgan fingerprint density at radius 3 is 2.30 bits per heavy atom. The van der Waals surface area contributed by atoms with Gasteiger partial charge in [-0.1, -0.05) is 42.5 Å². The van der Waals surface area contributed by atoms with E-state index in [1.807, 2.05) is 54.6 Å². The normalized spacial score (nSPS) is 11.4. The Balaban J connectivity index is 1.84. The maximum absolute atomic E-state index is 12.2. The molecule has 7 heteroatoms. The van der Waals surface area contributed by atoms with Crippen molar-refractivity contribution in [1.82, 2.24) is 9.62 Å². The van der Waals surface area contributed by atoms with Crippen molar-refractivity contribution in [2.75, 3.05) is 26.5 Å². The maximum atomic E-state index is 12.2.